The fraction of sp³-hybridized carbons (Fsp3) is 0.318. The normalized spacial score (nSPS) is 18.7. The quantitative estimate of drug-likeness (QED) is 0.608. The Bertz CT molecular complexity index is 990. The second-order valence-electron chi connectivity index (χ2n) is 7.42. The Hall–Kier alpha value is -2.50. The zero-order valence-corrected chi connectivity index (χ0v) is 17.2. The monoisotopic (exact) mass is 395 g/mol. The number of piperazine rings is 1. The molecule has 0 aromatic carbocycles. The van der Waals surface area contributed by atoms with Gasteiger partial charge < -0.3 is 20.1 Å². The van der Waals surface area contributed by atoms with Crippen LogP contribution in [0.1, 0.15) is 23.7 Å². The Balaban J connectivity index is 1.62. The van der Waals surface area contributed by atoms with Gasteiger partial charge in [-0.1, -0.05) is 24.3 Å². The minimum absolute atomic E-state index is 0.664. The van der Waals surface area contributed by atoms with Crippen LogP contribution in [0.15, 0.2) is 47.9 Å². The van der Waals surface area contributed by atoms with Crippen molar-refractivity contribution in [3.63, 3.8) is 0 Å². The lowest BCUT2D eigenvalue weighted by atomic mass is 10.0. The maximum absolute atomic E-state index is 6.17. The van der Waals surface area contributed by atoms with E-state index in [-0.39, 0.29) is 0 Å². The Morgan fingerprint density at radius 2 is 2.04 bits per heavy atom. The second kappa shape index (κ2) is 7.86. The molecular weight excluding hydrogens is 370 g/mol. The fourth-order valence-electron chi connectivity index (χ4n) is 3.69. The van der Waals surface area contributed by atoms with Gasteiger partial charge in [0.2, 0.25) is 0 Å². The third-order valence-corrected chi connectivity index (χ3v) is 5.76. The summed E-state index contributed by atoms with van der Waals surface area (Å²) in [6, 6.07) is 2.19. The van der Waals surface area contributed by atoms with E-state index in [1.54, 1.807) is 0 Å². The molecule has 0 radical (unpaired) electrons. The van der Waals surface area contributed by atoms with Crippen LogP contribution in [0.25, 0.3) is 22.7 Å². The molecule has 4 heterocycles. The molecule has 146 valence electrons. The van der Waals surface area contributed by atoms with Crippen molar-refractivity contribution < 1.29 is 0 Å². The zero-order chi connectivity index (χ0) is 19.7. The van der Waals surface area contributed by atoms with E-state index in [0.29, 0.717) is 11.7 Å². The molecule has 0 bridgehead atoms. The van der Waals surface area contributed by atoms with E-state index in [0.717, 1.165) is 54.0 Å². The number of aromatic nitrogens is 2. The van der Waals surface area contributed by atoms with Crippen LogP contribution in [0.5, 0.6) is 0 Å². The van der Waals surface area contributed by atoms with Gasteiger partial charge in [0.1, 0.15) is 10.8 Å². The molecule has 5 nitrogen and oxygen atoms in total. The van der Waals surface area contributed by atoms with Gasteiger partial charge in [-0.3, -0.25) is 0 Å². The first-order valence-corrected chi connectivity index (χ1v) is 9.99. The summed E-state index contributed by atoms with van der Waals surface area (Å²) in [4.78, 5) is 12.7. The summed E-state index contributed by atoms with van der Waals surface area (Å²) in [5, 5.41) is 4.91. The molecule has 2 aromatic heterocycles. The number of nitrogens with one attached hydrogen (secondary N) is 2. The Morgan fingerprint density at radius 3 is 2.79 bits per heavy atom. The van der Waals surface area contributed by atoms with Gasteiger partial charge in [0.25, 0.3) is 0 Å². The molecule has 6 heteroatoms. The molecule has 28 heavy (non-hydrogen) atoms. The molecule has 2 aromatic rings. The predicted molar refractivity (Wildman–Crippen MR) is 118 cm³/mol. The number of rotatable bonds is 4. The Labute approximate surface area is 171 Å². The number of pyridine rings is 1. The average Bonchev–Trinajstić information content (AvgIpc) is 3.06. The number of nitrogens with zero attached hydrogens (tertiary/aromatic N) is 3. The predicted octanol–water partition coefficient (Wildman–Crippen LogP) is 3.92. The van der Waals surface area contributed by atoms with Gasteiger partial charge >= 0.3 is 0 Å². The van der Waals surface area contributed by atoms with Gasteiger partial charge in [-0.25, -0.2) is 4.98 Å². The van der Waals surface area contributed by atoms with Crippen LogP contribution in [-0.2, 0) is 6.54 Å². The number of allylic oxidation sites excluding steroid dienone is 4. The Morgan fingerprint density at radius 1 is 1.25 bits per heavy atom. The number of hydrogen-bond donors (Lipinski definition) is 2. The third-order valence-electron chi connectivity index (χ3n) is 5.51. The van der Waals surface area contributed by atoms with Crippen molar-refractivity contribution in [1.29, 1.82) is 0 Å². The van der Waals surface area contributed by atoms with Gasteiger partial charge in [-0.05, 0) is 49.4 Å². The molecule has 0 saturated carbocycles. The van der Waals surface area contributed by atoms with Crippen LogP contribution < -0.4 is 5.32 Å². The average molecular weight is 396 g/mol. The molecule has 1 fully saturated rings. The lowest BCUT2D eigenvalue weighted by Gasteiger charge is -2.34. The molecule has 0 aliphatic carbocycles. The SMILES string of the molecule is C=C/C(=C\C=C(/C)c1cnc2[nH]c3c(c2c1)C=C(Cl)NC3)N1CCN(C)CC1. The largest absolute Gasteiger partial charge is 0.370 e. The van der Waals surface area contributed by atoms with E-state index in [1.807, 2.05) is 18.3 Å². The van der Waals surface area contributed by atoms with Gasteiger partial charge in [0.05, 0.1) is 6.54 Å². The summed E-state index contributed by atoms with van der Waals surface area (Å²) < 4.78 is 0. The van der Waals surface area contributed by atoms with Crippen molar-refractivity contribution in [2.45, 2.75) is 13.5 Å². The van der Waals surface area contributed by atoms with E-state index in [2.05, 4.69) is 63.9 Å². The van der Waals surface area contributed by atoms with E-state index in [4.69, 9.17) is 11.6 Å². The van der Waals surface area contributed by atoms with Crippen molar-refractivity contribution in [3.8, 4) is 0 Å². The van der Waals surface area contributed by atoms with Crippen molar-refractivity contribution in [2.75, 3.05) is 33.2 Å². The lowest BCUT2D eigenvalue weighted by molar-refractivity contribution is 0.190. The highest BCUT2D eigenvalue weighted by Gasteiger charge is 2.16. The highest BCUT2D eigenvalue weighted by Crippen LogP contribution is 2.29. The number of aromatic amines is 1. The van der Waals surface area contributed by atoms with E-state index in [9.17, 15) is 0 Å². The first-order chi connectivity index (χ1) is 13.5. The van der Waals surface area contributed by atoms with Crippen LogP contribution in [0.2, 0.25) is 0 Å². The maximum Gasteiger partial charge on any atom is 0.138 e. The number of H-pyrrole nitrogens is 1. The van der Waals surface area contributed by atoms with Crippen molar-refractivity contribution in [3.05, 3.63) is 64.7 Å². The van der Waals surface area contributed by atoms with Crippen molar-refractivity contribution in [2.24, 2.45) is 0 Å². The maximum atomic E-state index is 6.17. The highest BCUT2D eigenvalue weighted by molar-refractivity contribution is 6.31. The van der Waals surface area contributed by atoms with Gasteiger partial charge in [0.15, 0.2) is 0 Å². The van der Waals surface area contributed by atoms with Gasteiger partial charge in [0, 0.05) is 54.7 Å². The molecule has 0 amide bonds. The van der Waals surface area contributed by atoms with E-state index in [1.165, 1.54) is 11.3 Å². The number of halogens is 1. The molecule has 2 N–H and O–H groups in total. The van der Waals surface area contributed by atoms with Crippen LogP contribution in [0.4, 0.5) is 0 Å². The summed E-state index contributed by atoms with van der Waals surface area (Å²) >= 11 is 6.17. The Kier molecular flexibility index (Phi) is 5.29. The molecule has 0 atom stereocenters. The first-order valence-electron chi connectivity index (χ1n) is 9.61. The standard InChI is InChI=1S/C22H26ClN5/c1-4-17(28-9-7-27(3)8-10-28)6-5-15(2)16-11-19-18-12-21(23)24-14-20(18)26-22(19)25-13-16/h4-6,11-13,24H,1,7-10,14H2,2-3H3,(H,25,26)/b15-5+,17-6+. The smallest absolute Gasteiger partial charge is 0.138 e. The summed E-state index contributed by atoms with van der Waals surface area (Å²) in [5.74, 6) is 0. The van der Waals surface area contributed by atoms with Crippen molar-refractivity contribution in [1.82, 2.24) is 25.1 Å². The first kappa shape index (κ1) is 18.8. The number of hydrogen-bond acceptors (Lipinski definition) is 4. The molecule has 0 unspecified atom stereocenters. The third kappa shape index (κ3) is 3.73. The van der Waals surface area contributed by atoms with Gasteiger partial charge in [-0.15, -0.1) is 0 Å². The summed E-state index contributed by atoms with van der Waals surface area (Å²) in [6.07, 6.45) is 10.1. The summed E-state index contributed by atoms with van der Waals surface area (Å²) in [7, 11) is 2.17. The molecular formula is C22H26ClN5. The number of fused-ring (bicyclic) bond motifs is 3. The van der Waals surface area contributed by atoms with Crippen LogP contribution in [-0.4, -0.2) is 53.0 Å². The summed E-state index contributed by atoms with van der Waals surface area (Å²) in [6.45, 7) is 11.0. The molecule has 4 rings (SSSR count). The van der Waals surface area contributed by atoms with Crippen LogP contribution in [0.3, 0.4) is 0 Å². The van der Waals surface area contributed by atoms with Crippen LogP contribution in [0, 0.1) is 0 Å². The minimum atomic E-state index is 0.664. The number of likely N-dealkylation sites (N-methyl/N-ethyl adjacent to an activating group) is 1. The molecule has 0 spiro atoms. The fourth-order valence-corrected chi connectivity index (χ4v) is 3.86. The topological polar surface area (TPSA) is 47.2 Å². The molecule has 2 aliphatic heterocycles. The second-order valence-corrected chi connectivity index (χ2v) is 7.83. The van der Waals surface area contributed by atoms with E-state index >= 15 is 0 Å². The zero-order valence-electron chi connectivity index (χ0n) is 16.4. The lowest BCUT2D eigenvalue weighted by Crippen LogP contribution is -2.43. The molecule has 1 saturated heterocycles. The van der Waals surface area contributed by atoms with Crippen LogP contribution >= 0.6 is 11.6 Å². The van der Waals surface area contributed by atoms with Crippen molar-refractivity contribution >= 4 is 34.3 Å². The summed E-state index contributed by atoms with van der Waals surface area (Å²) in [5.41, 5.74) is 6.58. The van der Waals surface area contributed by atoms with Gasteiger partial charge in [-0.2, -0.15) is 0 Å². The highest BCUT2D eigenvalue weighted by atomic mass is 35.5. The van der Waals surface area contributed by atoms with E-state index < -0.39 is 0 Å². The minimum Gasteiger partial charge on any atom is -0.370 e. The molecule has 2 aliphatic rings.